The minimum atomic E-state index is 0.298. The van der Waals surface area contributed by atoms with Gasteiger partial charge in [-0.15, -0.1) is 0 Å². The van der Waals surface area contributed by atoms with E-state index in [9.17, 15) is 4.79 Å². The van der Waals surface area contributed by atoms with E-state index in [1.807, 2.05) is 13.8 Å². The molecule has 0 amide bonds. The number of hydrogen-bond donors (Lipinski definition) is 0. The zero-order valence-electron chi connectivity index (χ0n) is 8.43. The van der Waals surface area contributed by atoms with Gasteiger partial charge < -0.3 is 9.53 Å². The van der Waals surface area contributed by atoms with Crippen LogP contribution in [0.4, 0.5) is 0 Å². The van der Waals surface area contributed by atoms with Crippen molar-refractivity contribution in [2.45, 2.75) is 40.0 Å². The van der Waals surface area contributed by atoms with Crippen molar-refractivity contribution in [2.75, 3.05) is 13.2 Å². The third-order valence-corrected chi connectivity index (χ3v) is 1.93. The Morgan fingerprint density at radius 3 is 2.58 bits per heavy atom. The summed E-state index contributed by atoms with van der Waals surface area (Å²) in [4.78, 5) is 10.6. The zero-order chi connectivity index (χ0) is 9.40. The van der Waals surface area contributed by atoms with Gasteiger partial charge in [-0.05, 0) is 25.7 Å². The number of carbonyl (C=O) groups is 1. The maximum absolute atomic E-state index is 10.6. The summed E-state index contributed by atoms with van der Waals surface area (Å²) in [5, 5.41) is 0. The lowest BCUT2D eigenvalue weighted by Gasteiger charge is -2.03. The average molecular weight is 172 g/mol. The Balaban J connectivity index is 0.000000561. The molecule has 2 nitrogen and oxygen atoms in total. The van der Waals surface area contributed by atoms with Gasteiger partial charge >= 0.3 is 0 Å². The third-order valence-electron chi connectivity index (χ3n) is 1.93. The van der Waals surface area contributed by atoms with Crippen molar-refractivity contribution in [1.82, 2.24) is 0 Å². The third kappa shape index (κ3) is 5.30. The van der Waals surface area contributed by atoms with Gasteiger partial charge in [-0.2, -0.15) is 0 Å². The molecule has 1 unspecified atom stereocenters. The van der Waals surface area contributed by atoms with Crippen LogP contribution in [0.1, 0.15) is 40.0 Å². The average Bonchev–Trinajstić information content (AvgIpc) is 2.56. The van der Waals surface area contributed by atoms with Crippen molar-refractivity contribution < 1.29 is 9.53 Å². The quantitative estimate of drug-likeness (QED) is 0.653. The Bertz CT molecular complexity index is 115. The summed E-state index contributed by atoms with van der Waals surface area (Å²) in [5.74, 6) is 0.954. The molecule has 0 saturated carbocycles. The summed E-state index contributed by atoms with van der Waals surface area (Å²) >= 11 is 0. The molecule has 0 aliphatic carbocycles. The van der Waals surface area contributed by atoms with Gasteiger partial charge in [0, 0.05) is 19.6 Å². The first kappa shape index (κ1) is 11.6. The molecule has 0 N–H and O–H groups in total. The number of ketones is 1. The van der Waals surface area contributed by atoms with Crippen molar-refractivity contribution in [3.05, 3.63) is 0 Å². The first-order valence-corrected chi connectivity index (χ1v) is 4.86. The number of ether oxygens (including phenoxy) is 1. The van der Waals surface area contributed by atoms with Crippen LogP contribution < -0.4 is 0 Å². The topological polar surface area (TPSA) is 26.3 Å². The molecular weight excluding hydrogens is 152 g/mol. The lowest BCUT2D eigenvalue weighted by atomic mass is 10.0. The zero-order valence-corrected chi connectivity index (χ0v) is 8.43. The summed E-state index contributed by atoms with van der Waals surface area (Å²) in [5.41, 5.74) is 0. The van der Waals surface area contributed by atoms with Gasteiger partial charge in [0.1, 0.15) is 5.78 Å². The maximum atomic E-state index is 10.6. The van der Waals surface area contributed by atoms with Gasteiger partial charge in [0.15, 0.2) is 0 Å². The van der Waals surface area contributed by atoms with Gasteiger partial charge in [-0.1, -0.05) is 13.8 Å². The molecule has 72 valence electrons. The Kier molecular flexibility index (Phi) is 7.06. The molecule has 1 fully saturated rings. The second kappa shape index (κ2) is 7.29. The van der Waals surface area contributed by atoms with Crippen LogP contribution in [0, 0.1) is 5.92 Å². The molecule has 1 heterocycles. The van der Waals surface area contributed by atoms with Crippen LogP contribution in [-0.4, -0.2) is 19.0 Å². The normalized spacial score (nSPS) is 21.4. The minimum absolute atomic E-state index is 0.298. The SMILES string of the molecule is CC.CC(=O)CCC1CCOC1. The smallest absolute Gasteiger partial charge is 0.129 e. The molecule has 1 rings (SSSR count). The van der Waals surface area contributed by atoms with E-state index in [0.29, 0.717) is 11.7 Å². The van der Waals surface area contributed by atoms with Crippen LogP contribution in [-0.2, 0) is 9.53 Å². The van der Waals surface area contributed by atoms with Crippen molar-refractivity contribution >= 4 is 5.78 Å². The van der Waals surface area contributed by atoms with Gasteiger partial charge in [0.2, 0.25) is 0 Å². The van der Waals surface area contributed by atoms with Gasteiger partial charge in [-0.3, -0.25) is 0 Å². The van der Waals surface area contributed by atoms with Crippen LogP contribution in [0.25, 0.3) is 0 Å². The molecule has 0 spiro atoms. The van der Waals surface area contributed by atoms with Crippen LogP contribution in [0.3, 0.4) is 0 Å². The Hall–Kier alpha value is -0.370. The van der Waals surface area contributed by atoms with E-state index in [-0.39, 0.29) is 0 Å². The van der Waals surface area contributed by atoms with E-state index < -0.39 is 0 Å². The second-order valence-electron chi connectivity index (χ2n) is 2.97. The van der Waals surface area contributed by atoms with E-state index in [1.54, 1.807) is 6.92 Å². The van der Waals surface area contributed by atoms with E-state index in [2.05, 4.69) is 0 Å². The van der Waals surface area contributed by atoms with E-state index in [0.717, 1.165) is 32.5 Å². The molecule has 2 heteroatoms. The van der Waals surface area contributed by atoms with Crippen LogP contribution >= 0.6 is 0 Å². The molecule has 0 aromatic rings. The monoisotopic (exact) mass is 172 g/mol. The highest BCUT2D eigenvalue weighted by Gasteiger charge is 2.15. The van der Waals surface area contributed by atoms with Gasteiger partial charge in [-0.25, -0.2) is 0 Å². The minimum Gasteiger partial charge on any atom is -0.381 e. The lowest BCUT2D eigenvalue weighted by molar-refractivity contribution is -0.117. The molecule has 0 aromatic carbocycles. The fourth-order valence-corrected chi connectivity index (χ4v) is 1.22. The number of Topliss-reactive ketones (excluding diaryl/α,β-unsaturated/α-hetero) is 1. The first-order valence-electron chi connectivity index (χ1n) is 4.86. The van der Waals surface area contributed by atoms with Crippen LogP contribution in [0.15, 0.2) is 0 Å². The molecule has 1 atom stereocenters. The highest BCUT2D eigenvalue weighted by Crippen LogP contribution is 2.17. The molecule has 0 bridgehead atoms. The molecule has 1 saturated heterocycles. The lowest BCUT2D eigenvalue weighted by Crippen LogP contribution is -2.01. The van der Waals surface area contributed by atoms with Crippen LogP contribution in [0.2, 0.25) is 0 Å². The van der Waals surface area contributed by atoms with Gasteiger partial charge in [0.05, 0.1) is 0 Å². The largest absolute Gasteiger partial charge is 0.381 e. The fourth-order valence-electron chi connectivity index (χ4n) is 1.22. The van der Waals surface area contributed by atoms with E-state index >= 15 is 0 Å². The second-order valence-corrected chi connectivity index (χ2v) is 2.97. The maximum Gasteiger partial charge on any atom is 0.129 e. The molecular formula is C10H20O2. The predicted octanol–water partition coefficient (Wildman–Crippen LogP) is 2.42. The molecule has 12 heavy (non-hydrogen) atoms. The summed E-state index contributed by atoms with van der Waals surface area (Å²) in [6.07, 6.45) is 2.90. The molecule has 0 aromatic heterocycles. The number of rotatable bonds is 3. The van der Waals surface area contributed by atoms with Gasteiger partial charge in [0.25, 0.3) is 0 Å². The van der Waals surface area contributed by atoms with Crippen molar-refractivity contribution in [3.63, 3.8) is 0 Å². The fraction of sp³-hybridized carbons (Fsp3) is 0.900. The van der Waals surface area contributed by atoms with E-state index in [1.165, 1.54) is 0 Å². The first-order chi connectivity index (χ1) is 5.79. The Morgan fingerprint density at radius 2 is 2.17 bits per heavy atom. The summed E-state index contributed by atoms with van der Waals surface area (Å²) in [6, 6.07) is 0. The van der Waals surface area contributed by atoms with Crippen molar-refractivity contribution in [3.8, 4) is 0 Å². The molecule has 1 aliphatic heterocycles. The highest BCUT2D eigenvalue weighted by atomic mass is 16.5. The molecule has 1 aliphatic rings. The summed E-state index contributed by atoms with van der Waals surface area (Å²) < 4.78 is 5.18. The number of hydrogen-bond acceptors (Lipinski definition) is 2. The Morgan fingerprint density at radius 1 is 1.50 bits per heavy atom. The summed E-state index contributed by atoms with van der Waals surface area (Å²) in [6.45, 7) is 7.41. The Labute approximate surface area is 75.3 Å². The van der Waals surface area contributed by atoms with Crippen molar-refractivity contribution in [1.29, 1.82) is 0 Å². The van der Waals surface area contributed by atoms with Crippen molar-refractivity contribution in [2.24, 2.45) is 5.92 Å². The predicted molar refractivity (Wildman–Crippen MR) is 50.2 cm³/mol. The van der Waals surface area contributed by atoms with Crippen LogP contribution in [0.5, 0.6) is 0 Å². The highest BCUT2D eigenvalue weighted by molar-refractivity contribution is 5.75. The standard InChI is InChI=1S/C8H14O2.C2H6/c1-7(9)2-3-8-4-5-10-6-8;1-2/h8H,2-6H2,1H3;1-2H3. The number of carbonyl (C=O) groups excluding carboxylic acids is 1. The summed E-state index contributed by atoms with van der Waals surface area (Å²) in [7, 11) is 0. The van der Waals surface area contributed by atoms with E-state index in [4.69, 9.17) is 4.74 Å². The molecule has 0 radical (unpaired) electrons.